The van der Waals surface area contributed by atoms with E-state index in [0.29, 0.717) is 5.69 Å². The molecule has 1 N–H and O–H groups in total. The van der Waals surface area contributed by atoms with Crippen molar-refractivity contribution < 1.29 is 9.72 Å². The van der Waals surface area contributed by atoms with Gasteiger partial charge in [-0.3, -0.25) is 14.9 Å². The molecule has 0 fully saturated rings. The molecule has 5 nitrogen and oxygen atoms in total. The minimum Gasteiger partial charge on any atom is -0.322 e. The number of anilines is 1. The standard InChI is InChI=1S/C14H10BrClN2O3/c1-8-2-4-10(7-12(8)15)17-14(19)11-6-9(16)3-5-13(11)18(20)21/h2-7H,1H3,(H,17,19). The lowest BCUT2D eigenvalue weighted by molar-refractivity contribution is -0.385. The normalized spacial score (nSPS) is 10.2. The van der Waals surface area contributed by atoms with E-state index in [1.165, 1.54) is 18.2 Å². The van der Waals surface area contributed by atoms with Crippen molar-refractivity contribution in [2.24, 2.45) is 0 Å². The molecule has 2 aromatic carbocycles. The minimum absolute atomic E-state index is 0.0794. The van der Waals surface area contributed by atoms with Crippen LogP contribution in [0.5, 0.6) is 0 Å². The maximum Gasteiger partial charge on any atom is 0.282 e. The second-order valence-corrected chi connectivity index (χ2v) is 5.63. The van der Waals surface area contributed by atoms with E-state index >= 15 is 0 Å². The third-order valence-corrected chi connectivity index (χ3v) is 3.92. The molecule has 1 amide bonds. The van der Waals surface area contributed by atoms with Crippen LogP contribution in [-0.2, 0) is 0 Å². The highest BCUT2D eigenvalue weighted by molar-refractivity contribution is 9.10. The van der Waals surface area contributed by atoms with Gasteiger partial charge in [-0.05, 0) is 36.8 Å². The van der Waals surface area contributed by atoms with Crippen LogP contribution in [0.3, 0.4) is 0 Å². The molecule has 2 rings (SSSR count). The largest absolute Gasteiger partial charge is 0.322 e. The summed E-state index contributed by atoms with van der Waals surface area (Å²) in [7, 11) is 0. The number of hydrogen-bond donors (Lipinski definition) is 1. The lowest BCUT2D eigenvalue weighted by Gasteiger charge is -2.08. The van der Waals surface area contributed by atoms with Crippen LogP contribution in [0.15, 0.2) is 40.9 Å². The maximum atomic E-state index is 12.2. The molecule has 108 valence electrons. The van der Waals surface area contributed by atoms with Gasteiger partial charge in [0.25, 0.3) is 11.6 Å². The molecule has 0 unspecified atom stereocenters. The maximum absolute atomic E-state index is 12.2. The number of carbonyl (C=O) groups is 1. The van der Waals surface area contributed by atoms with Crippen LogP contribution in [0, 0.1) is 17.0 Å². The van der Waals surface area contributed by atoms with Crippen LogP contribution >= 0.6 is 27.5 Å². The number of nitrogens with one attached hydrogen (secondary N) is 1. The smallest absolute Gasteiger partial charge is 0.282 e. The summed E-state index contributed by atoms with van der Waals surface area (Å²) in [6.07, 6.45) is 0. The zero-order valence-corrected chi connectivity index (χ0v) is 13.2. The third-order valence-electron chi connectivity index (χ3n) is 2.83. The fourth-order valence-electron chi connectivity index (χ4n) is 1.72. The van der Waals surface area contributed by atoms with Crippen LogP contribution in [0.25, 0.3) is 0 Å². The summed E-state index contributed by atoms with van der Waals surface area (Å²) in [5, 5.41) is 13.8. The monoisotopic (exact) mass is 368 g/mol. The number of aryl methyl sites for hydroxylation is 1. The van der Waals surface area contributed by atoms with Crippen molar-refractivity contribution in [1.82, 2.24) is 0 Å². The molecule has 0 saturated heterocycles. The summed E-state index contributed by atoms with van der Waals surface area (Å²) in [5.41, 5.74) is 1.18. The summed E-state index contributed by atoms with van der Waals surface area (Å²) in [4.78, 5) is 22.5. The fourth-order valence-corrected chi connectivity index (χ4v) is 2.27. The lowest BCUT2D eigenvalue weighted by Crippen LogP contribution is -2.14. The van der Waals surface area contributed by atoms with Crippen molar-refractivity contribution in [3.05, 3.63) is 67.1 Å². The van der Waals surface area contributed by atoms with Crippen molar-refractivity contribution in [3.63, 3.8) is 0 Å². The number of hydrogen-bond acceptors (Lipinski definition) is 3. The van der Waals surface area contributed by atoms with E-state index < -0.39 is 10.8 Å². The molecule has 0 spiro atoms. The molecule has 0 aliphatic carbocycles. The fraction of sp³-hybridized carbons (Fsp3) is 0.0714. The second kappa shape index (κ2) is 6.24. The Labute approximate surface area is 134 Å². The van der Waals surface area contributed by atoms with Crippen LogP contribution < -0.4 is 5.32 Å². The van der Waals surface area contributed by atoms with Crippen molar-refractivity contribution >= 4 is 44.8 Å². The first-order valence-electron chi connectivity index (χ1n) is 5.90. The molecule has 21 heavy (non-hydrogen) atoms. The molecule has 0 aromatic heterocycles. The molecule has 0 atom stereocenters. The number of rotatable bonds is 3. The number of nitro groups is 1. The van der Waals surface area contributed by atoms with Gasteiger partial charge >= 0.3 is 0 Å². The van der Waals surface area contributed by atoms with E-state index in [-0.39, 0.29) is 16.3 Å². The summed E-state index contributed by atoms with van der Waals surface area (Å²) in [6, 6.07) is 9.13. The molecule has 0 bridgehead atoms. The van der Waals surface area contributed by atoms with Gasteiger partial charge in [-0.1, -0.05) is 33.6 Å². The number of benzene rings is 2. The van der Waals surface area contributed by atoms with Crippen LogP contribution in [0.2, 0.25) is 5.02 Å². The quantitative estimate of drug-likeness (QED) is 0.636. The Bertz CT molecular complexity index is 734. The van der Waals surface area contributed by atoms with E-state index in [1.54, 1.807) is 12.1 Å². The number of carbonyl (C=O) groups excluding carboxylic acids is 1. The molecule has 0 heterocycles. The molecule has 2 aromatic rings. The molecule has 0 aliphatic rings. The zero-order chi connectivity index (χ0) is 15.6. The Morgan fingerprint density at radius 1 is 1.29 bits per heavy atom. The van der Waals surface area contributed by atoms with E-state index in [2.05, 4.69) is 21.2 Å². The van der Waals surface area contributed by atoms with Crippen molar-refractivity contribution in [2.75, 3.05) is 5.32 Å². The number of nitrogens with zero attached hydrogens (tertiary/aromatic N) is 1. The minimum atomic E-state index is -0.615. The van der Waals surface area contributed by atoms with E-state index in [1.807, 2.05) is 13.0 Å². The van der Waals surface area contributed by atoms with Gasteiger partial charge in [-0.2, -0.15) is 0 Å². The summed E-state index contributed by atoms with van der Waals surface area (Å²) < 4.78 is 0.834. The van der Waals surface area contributed by atoms with Gasteiger partial charge in [0.15, 0.2) is 0 Å². The Hall–Kier alpha value is -1.92. The number of nitro benzene ring substituents is 1. The first-order valence-corrected chi connectivity index (χ1v) is 7.07. The molecular weight excluding hydrogens is 360 g/mol. The van der Waals surface area contributed by atoms with E-state index in [0.717, 1.165) is 10.0 Å². The lowest BCUT2D eigenvalue weighted by atomic mass is 10.1. The molecule has 0 radical (unpaired) electrons. The highest BCUT2D eigenvalue weighted by Gasteiger charge is 2.20. The average Bonchev–Trinajstić information content (AvgIpc) is 2.42. The number of halogens is 2. The van der Waals surface area contributed by atoms with Gasteiger partial charge in [0.2, 0.25) is 0 Å². The Morgan fingerprint density at radius 3 is 2.62 bits per heavy atom. The highest BCUT2D eigenvalue weighted by atomic mass is 79.9. The summed E-state index contributed by atoms with van der Waals surface area (Å²) in [5.74, 6) is -0.583. The predicted octanol–water partition coefficient (Wildman–Crippen LogP) is 4.57. The first kappa shape index (κ1) is 15.5. The topological polar surface area (TPSA) is 72.2 Å². The molecule has 0 aliphatic heterocycles. The predicted molar refractivity (Wildman–Crippen MR) is 84.9 cm³/mol. The Kier molecular flexibility index (Phi) is 4.59. The highest BCUT2D eigenvalue weighted by Crippen LogP contribution is 2.25. The molecule has 0 saturated carbocycles. The molecule has 7 heteroatoms. The van der Waals surface area contributed by atoms with Crippen molar-refractivity contribution in [2.45, 2.75) is 6.92 Å². The van der Waals surface area contributed by atoms with Crippen LogP contribution in [0.1, 0.15) is 15.9 Å². The second-order valence-electron chi connectivity index (χ2n) is 4.34. The third kappa shape index (κ3) is 3.59. The zero-order valence-electron chi connectivity index (χ0n) is 10.9. The van der Waals surface area contributed by atoms with Crippen LogP contribution in [0.4, 0.5) is 11.4 Å². The van der Waals surface area contributed by atoms with Gasteiger partial charge < -0.3 is 5.32 Å². The van der Waals surface area contributed by atoms with E-state index in [9.17, 15) is 14.9 Å². The first-order chi connectivity index (χ1) is 9.88. The van der Waals surface area contributed by atoms with E-state index in [4.69, 9.17) is 11.6 Å². The Morgan fingerprint density at radius 2 is 2.00 bits per heavy atom. The Balaban J connectivity index is 2.34. The van der Waals surface area contributed by atoms with Crippen molar-refractivity contribution in [1.29, 1.82) is 0 Å². The number of amides is 1. The van der Waals surface area contributed by atoms with Crippen molar-refractivity contribution in [3.8, 4) is 0 Å². The SMILES string of the molecule is Cc1ccc(NC(=O)c2cc(Cl)ccc2[N+](=O)[O-])cc1Br. The average molecular weight is 370 g/mol. The van der Waals surface area contributed by atoms with Gasteiger partial charge in [0.1, 0.15) is 5.56 Å². The van der Waals surface area contributed by atoms with Gasteiger partial charge in [0.05, 0.1) is 4.92 Å². The summed E-state index contributed by atoms with van der Waals surface area (Å²) in [6.45, 7) is 1.91. The van der Waals surface area contributed by atoms with Crippen LogP contribution in [-0.4, -0.2) is 10.8 Å². The van der Waals surface area contributed by atoms with Gasteiger partial charge in [-0.15, -0.1) is 0 Å². The van der Waals surface area contributed by atoms with Gasteiger partial charge in [0, 0.05) is 21.2 Å². The summed E-state index contributed by atoms with van der Waals surface area (Å²) >= 11 is 9.17. The molecular formula is C14H10BrClN2O3. The van der Waals surface area contributed by atoms with Gasteiger partial charge in [-0.25, -0.2) is 0 Å².